The lowest BCUT2D eigenvalue weighted by molar-refractivity contribution is 0.232. The standard InChI is InChI=1S/C13H13F2N3O2/c1-7(2)19-12-11(16)13(18-6-17-12)20-10-5-8(14)3-4-9(10)15/h3-7H,16H2,1-2H3. The molecule has 0 radical (unpaired) electrons. The Hall–Kier alpha value is -2.44. The van der Waals surface area contributed by atoms with Crippen LogP contribution in [0.15, 0.2) is 24.5 Å². The minimum atomic E-state index is -0.726. The Balaban J connectivity index is 2.32. The van der Waals surface area contributed by atoms with Gasteiger partial charge in [0, 0.05) is 6.07 Å². The van der Waals surface area contributed by atoms with Crippen LogP contribution < -0.4 is 15.2 Å². The first-order chi connectivity index (χ1) is 9.47. The Kier molecular flexibility index (Phi) is 3.97. The molecule has 0 unspecified atom stereocenters. The zero-order valence-electron chi connectivity index (χ0n) is 10.9. The molecule has 0 aliphatic rings. The van der Waals surface area contributed by atoms with Gasteiger partial charge in [-0.1, -0.05) is 0 Å². The fourth-order valence-corrected chi connectivity index (χ4v) is 1.42. The van der Waals surface area contributed by atoms with E-state index >= 15 is 0 Å². The van der Waals surface area contributed by atoms with E-state index < -0.39 is 11.6 Å². The summed E-state index contributed by atoms with van der Waals surface area (Å²) in [5.74, 6) is -1.64. The fraction of sp³-hybridized carbons (Fsp3) is 0.231. The van der Waals surface area contributed by atoms with E-state index in [4.69, 9.17) is 15.2 Å². The number of hydrogen-bond donors (Lipinski definition) is 1. The van der Waals surface area contributed by atoms with E-state index in [2.05, 4.69) is 9.97 Å². The number of halogens is 2. The summed E-state index contributed by atoms with van der Waals surface area (Å²) in [6.45, 7) is 3.60. The van der Waals surface area contributed by atoms with E-state index in [1.807, 2.05) is 0 Å². The van der Waals surface area contributed by atoms with Crippen LogP contribution in [0.2, 0.25) is 0 Å². The van der Waals surface area contributed by atoms with Crippen LogP contribution >= 0.6 is 0 Å². The molecule has 0 fully saturated rings. The van der Waals surface area contributed by atoms with E-state index in [1.165, 1.54) is 6.33 Å². The molecule has 106 valence electrons. The molecule has 7 heteroatoms. The lowest BCUT2D eigenvalue weighted by Crippen LogP contribution is -2.10. The first kappa shape index (κ1) is 14.0. The van der Waals surface area contributed by atoms with E-state index in [1.54, 1.807) is 13.8 Å². The van der Waals surface area contributed by atoms with Crippen molar-refractivity contribution in [3.63, 3.8) is 0 Å². The van der Waals surface area contributed by atoms with Crippen molar-refractivity contribution < 1.29 is 18.3 Å². The molecular weight excluding hydrogens is 268 g/mol. The molecule has 0 aliphatic carbocycles. The zero-order valence-corrected chi connectivity index (χ0v) is 10.9. The third-order valence-electron chi connectivity index (χ3n) is 2.26. The number of rotatable bonds is 4. The Bertz CT molecular complexity index is 621. The monoisotopic (exact) mass is 281 g/mol. The highest BCUT2D eigenvalue weighted by Crippen LogP contribution is 2.32. The lowest BCUT2D eigenvalue weighted by Gasteiger charge is -2.13. The van der Waals surface area contributed by atoms with Crippen molar-refractivity contribution in [3.8, 4) is 17.5 Å². The number of hydrogen-bond acceptors (Lipinski definition) is 5. The van der Waals surface area contributed by atoms with Crippen molar-refractivity contribution in [1.29, 1.82) is 0 Å². The third kappa shape index (κ3) is 3.11. The lowest BCUT2D eigenvalue weighted by atomic mass is 10.3. The van der Waals surface area contributed by atoms with Crippen molar-refractivity contribution in [3.05, 3.63) is 36.2 Å². The minimum Gasteiger partial charge on any atom is -0.473 e. The molecular formula is C13H13F2N3O2. The molecule has 1 aromatic carbocycles. The van der Waals surface area contributed by atoms with Gasteiger partial charge in [0.05, 0.1) is 6.10 Å². The molecule has 0 atom stereocenters. The molecule has 2 N–H and O–H groups in total. The zero-order chi connectivity index (χ0) is 14.7. The molecule has 0 amide bonds. The largest absolute Gasteiger partial charge is 0.473 e. The van der Waals surface area contributed by atoms with Gasteiger partial charge in [0.15, 0.2) is 17.3 Å². The summed E-state index contributed by atoms with van der Waals surface area (Å²) in [4.78, 5) is 7.64. The van der Waals surface area contributed by atoms with E-state index in [-0.39, 0.29) is 29.3 Å². The normalized spacial score (nSPS) is 10.7. The second-order valence-electron chi connectivity index (χ2n) is 4.24. The van der Waals surface area contributed by atoms with Gasteiger partial charge < -0.3 is 15.2 Å². The number of nitrogens with two attached hydrogens (primary N) is 1. The van der Waals surface area contributed by atoms with Crippen molar-refractivity contribution in [2.75, 3.05) is 5.73 Å². The first-order valence-electron chi connectivity index (χ1n) is 5.87. The average molecular weight is 281 g/mol. The van der Waals surface area contributed by atoms with Gasteiger partial charge in [0.1, 0.15) is 12.1 Å². The molecule has 0 saturated carbocycles. The predicted octanol–water partition coefficient (Wildman–Crippen LogP) is 2.92. The van der Waals surface area contributed by atoms with Crippen LogP contribution in [0.25, 0.3) is 0 Å². The Labute approximate surface area is 114 Å². The molecule has 1 heterocycles. The predicted molar refractivity (Wildman–Crippen MR) is 68.6 cm³/mol. The summed E-state index contributed by atoms with van der Waals surface area (Å²) < 4.78 is 37.1. The smallest absolute Gasteiger partial charge is 0.249 e. The van der Waals surface area contributed by atoms with Gasteiger partial charge in [-0.3, -0.25) is 0 Å². The molecule has 1 aromatic heterocycles. The summed E-state index contributed by atoms with van der Waals surface area (Å²) in [5, 5.41) is 0. The number of anilines is 1. The van der Waals surface area contributed by atoms with Gasteiger partial charge in [-0.25, -0.2) is 8.78 Å². The quantitative estimate of drug-likeness (QED) is 0.933. The summed E-state index contributed by atoms with van der Waals surface area (Å²) in [6, 6.07) is 2.84. The molecule has 0 aliphatic heterocycles. The maximum atomic E-state index is 13.5. The van der Waals surface area contributed by atoms with Crippen LogP contribution in [0, 0.1) is 11.6 Å². The van der Waals surface area contributed by atoms with Crippen molar-refractivity contribution >= 4 is 5.69 Å². The van der Waals surface area contributed by atoms with Crippen LogP contribution in [0.1, 0.15) is 13.8 Å². The Morgan fingerprint density at radius 3 is 2.55 bits per heavy atom. The van der Waals surface area contributed by atoms with Crippen molar-refractivity contribution in [2.45, 2.75) is 20.0 Å². The maximum Gasteiger partial charge on any atom is 0.249 e. The number of nitrogen functional groups attached to an aromatic ring is 1. The van der Waals surface area contributed by atoms with E-state index in [0.717, 1.165) is 18.2 Å². The van der Waals surface area contributed by atoms with Crippen LogP contribution in [-0.4, -0.2) is 16.1 Å². The van der Waals surface area contributed by atoms with Gasteiger partial charge in [-0.05, 0) is 26.0 Å². The highest BCUT2D eigenvalue weighted by atomic mass is 19.1. The van der Waals surface area contributed by atoms with Crippen molar-refractivity contribution in [2.24, 2.45) is 0 Å². The van der Waals surface area contributed by atoms with Gasteiger partial charge in [-0.15, -0.1) is 0 Å². The molecule has 2 aromatic rings. The van der Waals surface area contributed by atoms with Gasteiger partial charge >= 0.3 is 0 Å². The minimum absolute atomic E-state index is 0.0184. The number of ether oxygens (including phenoxy) is 2. The first-order valence-corrected chi connectivity index (χ1v) is 5.87. The number of aromatic nitrogens is 2. The molecule has 5 nitrogen and oxygen atoms in total. The highest BCUT2D eigenvalue weighted by Gasteiger charge is 2.15. The highest BCUT2D eigenvalue weighted by molar-refractivity contribution is 5.56. The SMILES string of the molecule is CC(C)Oc1ncnc(Oc2cc(F)ccc2F)c1N. The number of nitrogens with zero attached hydrogens (tertiary/aromatic N) is 2. The fourth-order valence-electron chi connectivity index (χ4n) is 1.42. The van der Waals surface area contributed by atoms with Crippen LogP contribution in [0.5, 0.6) is 17.5 Å². The Morgan fingerprint density at radius 1 is 1.15 bits per heavy atom. The van der Waals surface area contributed by atoms with Crippen LogP contribution in [-0.2, 0) is 0 Å². The summed E-state index contributed by atoms with van der Waals surface area (Å²) in [5.41, 5.74) is 5.79. The van der Waals surface area contributed by atoms with Gasteiger partial charge in [0.25, 0.3) is 0 Å². The summed E-state index contributed by atoms with van der Waals surface area (Å²) >= 11 is 0. The molecule has 2 rings (SSSR count). The summed E-state index contributed by atoms with van der Waals surface area (Å²) in [7, 11) is 0. The van der Waals surface area contributed by atoms with E-state index in [0.29, 0.717) is 0 Å². The topological polar surface area (TPSA) is 70.3 Å². The Morgan fingerprint density at radius 2 is 1.85 bits per heavy atom. The molecule has 0 bridgehead atoms. The summed E-state index contributed by atoms with van der Waals surface area (Å²) in [6.07, 6.45) is 1.02. The second-order valence-corrected chi connectivity index (χ2v) is 4.24. The molecule has 20 heavy (non-hydrogen) atoms. The van der Waals surface area contributed by atoms with Gasteiger partial charge in [0.2, 0.25) is 11.8 Å². The van der Waals surface area contributed by atoms with E-state index in [9.17, 15) is 8.78 Å². The van der Waals surface area contributed by atoms with Crippen LogP contribution in [0.4, 0.5) is 14.5 Å². The third-order valence-corrected chi connectivity index (χ3v) is 2.26. The van der Waals surface area contributed by atoms with Gasteiger partial charge in [-0.2, -0.15) is 9.97 Å². The molecule has 0 spiro atoms. The molecule has 0 saturated heterocycles. The maximum absolute atomic E-state index is 13.5. The van der Waals surface area contributed by atoms with Crippen molar-refractivity contribution in [1.82, 2.24) is 9.97 Å². The number of benzene rings is 1. The van der Waals surface area contributed by atoms with Crippen LogP contribution in [0.3, 0.4) is 0 Å². The average Bonchev–Trinajstić information content (AvgIpc) is 2.38. The second kappa shape index (κ2) is 5.68.